The van der Waals surface area contributed by atoms with E-state index < -0.39 is 0 Å². The molecule has 0 bridgehead atoms. The molecule has 2 heterocycles. The fraction of sp³-hybridized carbons (Fsp3) is 0.478. The van der Waals surface area contributed by atoms with E-state index >= 15 is 0 Å². The van der Waals surface area contributed by atoms with E-state index in [1.165, 1.54) is 18.4 Å². The van der Waals surface area contributed by atoms with Crippen molar-refractivity contribution in [2.45, 2.75) is 25.4 Å². The van der Waals surface area contributed by atoms with Crippen molar-refractivity contribution in [1.82, 2.24) is 20.5 Å². The zero-order valence-corrected chi connectivity index (χ0v) is 20.7. The van der Waals surface area contributed by atoms with Gasteiger partial charge in [0.25, 0.3) is 0 Å². The molecule has 0 amide bonds. The molecule has 1 fully saturated rings. The number of pyridine rings is 1. The first-order valence-corrected chi connectivity index (χ1v) is 10.6. The second kappa shape index (κ2) is 14.2. The van der Waals surface area contributed by atoms with Crippen molar-refractivity contribution in [3.8, 4) is 5.88 Å². The van der Waals surface area contributed by atoms with Crippen LogP contribution in [0.25, 0.3) is 0 Å². The molecule has 3 rings (SSSR count). The summed E-state index contributed by atoms with van der Waals surface area (Å²) in [6, 6.07) is 15.0. The molecule has 2 N–H and O–H groups in total. The fourth-order valence-corrected chi connectivity index (χ4v) is 3.69. The summed E-state index contributed by atoms with van der Waals surface area (Å²) in [5.74, 6) is 1.39. The largest absolute Gasteiger partial charge is 0.475 e. The van der Waals surface area contributed by atoms with Crippen molar-refractivity contribution in [3.05, 3.63) is 59.8 Å². The van der Waals surface area contributed by atoms with Gasteiger partial charge in [0.05, 0.1) is 12.6 Å². The molecule has 7 nitrogen and oxygen atoms in total. The van der Waals surface area contributed by atoms with Gasteiger partial charge in [-0.15, -0.1) is 24.0 Å². The molecule has 1 atom stereocenters. The SMILES string of the molecule is CN=C(NCc1cccnc1OCCOC)NCC(c1ccccc1)N1CCCC1.I. The highest BCUT2D eigenvalue weighted by Gasteiger charge is 2.23. The molecule has 31 heavy (non-hydrogen) atoms. The van der Waals surface area contributed by atoms with Gasteiger partial charge in [0.1, 0.15) is 6.61 Å². The summed E-state index contributed by atoms with van der Waals surface area (Å²) >= 11 is 0. The van der Waals surface area contributed by atoms with Gasteiger partial charge in [0.2, 0.25) is 5.88 Å². The predicted molar refractivity (Wildman–Crippen MR) is 135 cm³/mol. The van der Waals surface area contributed by atoms with E-state index in [9.17, 15) is 0 Å². The van der Waals surface area contributed by atoms with E-state index in [-0.39, 0.29) is 24.0 Å². The van der Waals surface area contributed by atoms with Crippen LogP contribution in [0, 0.1) is 0 Å². The van der Waals surface area contributed by atoms with Crippen molar-refractivity contribution in [2.75, 3.05) is 47.0 Å². The quantitative estimate of drug-likeness (QED) is 0.209. The Labute approximate surface area is 202 Å². The summed E-state index contributed by atoms with van der Waals surface area (Å²) in [5.41, 5.74) is 2.32. The number of ether oxygens (including phenoxy) is 2. The molecule has 1 aliphatic heterocycles. The lowest BCUT2D eigenvalue weighted by Crippen LogP contribution is -2.42. The third-order valence-electron chi connectivity index (χ3n) is 5.27. The van der Waals surface area contributed by atoms with Crippen molar-refractivity contribution < 1.29 is 9.47 Å². The fourth-order valence-electron chi connectivity index (χ4n) is 3.69. The molecule has 0 aliphatic carbocycles. The average molecular weight is 539 g/mol. The molecule has 2 aromatic rings. The van der Waals surface area contributed by atoms with Gasteiger partial charge in [-0.1, -0.05) is 36.4 Å². The summed E-state index contributed by atoms with van der Waals surface area (Å²) < 4.78 is 10.8. The van der Waals surface area contributed by atoms with E-state index in [4.69, 9.17) is 9.47 Å². The lowest BCUT2D eigenvalue weighted by molar-refractivity contribution is 0.143. The maximum Gasteiger partial charge on any atom is 0.218 e. The minimum absolute atomic E-state index is 0. The van der Waals surface area contributed by atoms with Crippen molar-refractivity contribution in [2.24, 2.45) is 4.99 Å². The van der Waals surface area contributed by atoms with Gasteiger partial charge in [0.15, 0.2) is 5.96 Å². The summed E-state index contributed by atoms with van der Waals surface area (Å²) in [6.07, 6.45) is 4.27. The number of aromatic nitrogens is 1. The molecule has 1 aliphatic rings. The Kier molecular flexibility index (Phi) is 11.6. The Morgan fingerprint density at radius 1 is 1.10 bits per heavy atom. The number of aliphatic imine (C=N–C) groups is 1. The number of hydrogen-bond donors (Lipinski definition) is 2. The van der Waals surface area contributed by atoms with Crippen LogP contribution in [0.4, 0.5) is 0 Å². The maximum absolute atomic E-state index is 5.72. The van der Waals surface area contributed by atoms with Gasteiger partial charge in [-0.2, -0.15) is 0 Å². The van der Waals surface area contributed by atoms with E-state index in [0.717, 1.165) is 31.2 Å². The van der Waals surface area contributed by atoms with E-state index in [1.54, 1.807) is 20.4 Å². The molecule has 1 aromatic heterocycles. The first-order valence-electron chi connectivity index (χ1n) is 10.6. The number of methoxy groups -OCH3 is 1. The predicted octanol–water partition coefficient (Wildman–Crippen LogP) is 3.23. The van der Waals surface area contributed by atoms with Crippen molar-refractivity contribution in [1.29, 1.82) is 0 Å². The molecule has 8 heteroatoms. The second-order valence-electron chi connectivity index (χ2n) is 7.29. The van der Waals surface area contributed by atoms with Crippen LogP contribution in [0.2, 0.25) is 0 Å². The van der Waals surface area contributed by atoms with Gasteiger partial charge in [-0.25, -0.2) is 4.98 Å². The summed E-state index contributed by atoms with van der Waals surface area (Å²) in [7, 11) is 3.45. The Hall–Kier alpha value is -1.91. The zero-order valence-electron chi connectivity index (χ0n) is 18.4. The van der Waals surface area contributed by atoms with Gasteiger partial charge in [-0.05, 0) is 37.6 Å². The number of halogens is 1. The number of hydrogen-bond acceptors (Lipinski definition) is 5. The number of nitrogens with one attached hydrogen (secondary N) is 2. The van der Waals surface area contributed by atoms with Gasteiger partial charge in [0, 0.05) is 39.0 Å². The summed E-state index contributed by atoms with van der Waals surface area (Å²) in [6.45, 7) is 4.67. The second-order valence-corrected chi connectivity index (χ2v) is 7.29. The number of benzene rings is 1. The molecule has 0 radical (unpaired) electrons. The lowest BCUT2D eigenvalue weighted by atomic mass is 10.1. The maximum atomic E-state index is 5.72. The Morgan fingerprint density at radius 2 is 1.87 bits per heavy atom. The lowest BCUT2D eigenvalue weighted by Gasteiger charge is -2.29. The van der Waals surface area contributed by atoms with Crippen LogP contribution in [0.1, 0.15) is 30.0 Å². The third kappa shape index (κ3) is 7.93. The highest BCUT2D eigenvalue weighted by Crippen LogP contribution is 2.24. The number of rotatable bonds is 10. The molecule has 1 saturated heterocycles. The number of nitrogens with zero attached hydrogens (tertiary/aromatic N) is 3. The first-order chi connectivity index (χ1) is 14.8. The third-order valence-corrected chi connectivity index (χ3v) is 5.27. The van der Waals surface area contributed by atoms with Crippen LogP contribution in [0.3, 0.4) is 0 Å². The highest BCUT2D eigenvalue weighted by atomic mass is 127. The minimum Gasteiger partial charge on any atom is -0.475 e. The Bertz CT molecular complexity index is 785. The molecular formula is C23H34IN5O2. The minimum atomic E-state index is 0. The van der Waals surface area contributed by atoms with Gasteiger partial charge in [-0.3, -0.25) is 9.89 Å². The summed E-state index contributed by atoms with van der Waals surface area (Å²) in [4.78, 5) is 11.3. The molecule has 170 valence electrons. The van der Waals surface area contributed by atoms with E-state index in [2.05, 4.69) is 55.8 Å². The number of guanidine groups is 1. The molecule has 0 saturated carbocycles. The highest BCUT2D eigenvalue weighted by molar-refractivity contribution is 14.0. The summed E-state index contributed by atoms with van der Waals surface area (Å²) in [5, 5.41) is 6.89. The standard InChI is InChI=1S/C23H33N5O2.HI/c1-24-23(26-17-20-11-8-12-25-22(20)30-16-15-29-2)27-18-21(28-13-6-7-14-28)19-9-4-3-5-10-19;/h3-5,8-12,21H,6-7,13-18H2,1-2H3,(H2,24,26,27);1H. The van der Waals surface area contributed by atoms with Crippen molar-refractivity contribution >= 4 is 29.9 Å². The van der Waals surface area contributed by atoms with Crippen LogP contribution in [-0.4, -0.2) is 62.8 Å². The van der Waals surface area contributed by atoms with Crippen molar-refractivity contribution in [3.63, 3.8) is 0 Å². The normalized spacial score (nSPS) is 15.2. The van der Waals surface area contributed by atoms with Gasteiger partial charge >= 0.3 is 0 Å². The van der Waals surface area contributed by atoms with E-state index in [1.807, 2.05) is 12.1 Å². The topological polar surface area (TPSA) is 71.0 Å². The Morgan fingerprint density at radius 3 is 2.58 bits per heavy atom. The van der Waals surface area contributed by atoms with E-state index in [0.29, 0.717) is 31.7 Å². The molecule has 1 unspecified atom stereocenters. The zero-order chi connectivity index (χ0) is 21.0. The van der Waals surface area contributed by atoms with Crippen LogP contribution in [0.5, 0.6) is 5.88 Å². The van der Waals surface area contributed by atoms with Crippen LogP contribution in [0.15, 0.2) is 53.7 Å². The Balaban J connectivity index is 0.00000341. The smallest absolute Gasteiger partial charge is 0.218 e. The van der Waals surface area contributed by atoms with Crippen LogP contribution in [-0.2, 0) is 11.3 Å². The number of likely N-dealkylation sites (tertiary alicyclic amines) is 1. The average Bonchev–Trinajstić information content (AvgIpc) is 3.32. The monoisotopic (exact) mass is 539 g/mol. The first kappa shape index (κ1) is 25.4. The van der Waals surface area contributed by atoms with Crippen LogP contribution >= 0.6 is 24.0 Å². The van der Waals surface area contributed by atoms with Gasteiger partial charge < -0.3 is 20.1 Å². The molecule has 0 spiro atoms. The molecule has 1 aromatic carbocycles. The molecular weight excluding hydrogens is 505 g/mol. The van der Waals surface area contributed by atoms with Crippen LogP contribution < -0.4 is 15.4 Å².